The second-order valence-corrected chi connectivity index (χ2v) is 18.7. The third-order valence-electron chi connectivity index (χ3n) is 12.9. The van der Waals surface area contributed by atoms with Gasteiger partial charge >= 0.3 is 11.9 Å². The first-order valence-electron chi connectivity index (χ1n) is 24.7. The first-order chi connectivity index (χ1) is 29.3. The van der Waals surface area contributed by atoms with Crippen molar-refractivity contribution in [3.8, 4) is 0 Å². The van der Waals surface area contributed by atoms with E-state index in [-0.39, 0.29) is 12.8 Å². The van der Waals surface area contributed by atoms with Gasteiger partial charge < -0.3 is 54.7 Å². The molecule has 0 bridgehead atoms. The molecule has 0 radical (unpaired) electrons. The molecule has 2 rings (SSSR count). The molecule has 0 aromatic carbocycles. The van der Waals surface area contributed by atoms with Crippen molar-refractivity contribution in [2.75, 3.05) is 6.61 Å². The molecule has 0 aromatic rings. The maximum Gasteiger partial charge on any atom is 0.306 e. The van der Waals surface area contributed by atoms with E-state index in [2.05, 4.69) is 27.7 Å². The molecule has 0 amide bonds. The Morgan fingerprint density at radius 1 is 0.459 bits per heavy atom. The number of ether oxygens (including phenoxy) is 4. The van der Waals surface area contributed by atoms with Crippen LogP contribution in [0.3, 0.4) is 0 Å². The van der Waals surface area contributed by atoms with Crippen LogP contribution in [0, 0.1) is 11.8 Å². The van der Waals surface area contributed by atoms with Crippen LogP contribution in [-0.2, 0) is 28.5 Å². The number of carbonyl (C=O) groups excluding carboxylic acids is 2. The molecule has 2 fully saturated rings. The van der Waals surface area contributed by atoms with Gasteiger partial charge in [0, 0.05) is 12.8 Å². The van der Waals surface area contributed by atoms with Gasteiger partial charge in [-0.2, -0.15) is 0 Å². The molecule has 13 nitrogen and oxygen atoms in total. The van der Waals surface area contributed by atoms with Crippen LogP contribution in [0.2, 0.25) is 0 Å². The zero-order valence-electron chi connectivity index (χ0n) is 38.6. The highest BCUT2D eigenvalue weighted by atomic mass is 16.7. The van der Waals surface area contributed by atoms with E-state index < -0.39 is 85.9 Å². The number of aliphatic hydroxyl groups is 7. The minimum atomic E-state index is -1.89. The number of unbranched alkanes of at least 4 members (excludes halogenated alkanes) is 18. The third-order valence-corrected chi connectivity index (χ3v) is 12.9. The molecule has 61 heavy (non-hydrogen) atoms. The summed E-state index contributed by atoms with van der Waals surface area (Å²) in [5.41, 5.74) is 0. The SMILES string of the molecule is CCCCCCCCC(C)CCCCCCCC(=O)OCC1OC(OC2C(O)C(O)C(O)C(O)C2O)C(O)C(O)C1OC(=O)CCCCCCCC(C)CCCCCCCC. The highest BCUT2D eigenvalue weighted by Gasteiger charge is 2.53. The van der Waals surface area contributed by atoms with Gasteiger partial charge in [0.05, 0.1) is 0 Å². The van der Waals surface area contributed by atoms with E-state index >= 15 is 0 Å². The summed E-state index contributed by atoms with van der Waals surface area (Å²) in [6.45, 7) is 8.69. The minimum Gasteiger partial charge on any atom is -0.463 e. The Labute approximate surface area is 368 Å². The molecule has 0 spiro atoms. The van der Waals surface area contributed by atoms with Crippen molar-refractivity contribution in [3.05, 3.63) is 0 Å². The van der Waals surface area contributed by atoms with Crippen LogP contribution in [0.15, 0.2) is 0 Å². The van der Waals surface area contributed by atoms with Crippen LogP contribution < -0.4 is 0 Å². The highest BCUT2D eigenvalue weighted by molar-refractivity contribution is 5.70. The third kappa shape index (κ3) is 22.4. The lowest BCUT2D eigenvalue weighted by atomic mass is 9.84. The van der Waals surface area contributed by atoms with Gasteiger partial charge in [-0.25, -0.2) is 0 Å². The molecule has 1 heterocycles. The topological polar surface area (TPSA) is 213 Å². The van der Waals surface area contributed by atoms with E-state index in [1.54, 1.807) is 0 Å². The lowest BCUT2D eigenvalue weighted by Gasteiger charge is -2.46. The van der Waals surface area contributed by atoms with Crippen molar-refractivity contribution in [1.29, 1.82) is 0 Å². The summed E-state index contributed by atoms with van der Waals surface area (Å²) in [6, 6.07) is 0. The Kier molecular flexibility index (Phi) is 30.2. The van der Waals surface area contributed by atoms with E-state index in [0.29, 0.717) is 12.8 Å². The van der Waals surface area contributed by atoms with Crippen LogP contribution in [0.4, 0.5) is 0 Å². The zero-order valence-corrected chi connectivity index (χ0v) is 38.6. The average Bonchev–Trinajstić information content (AvgIpc) is 3.24. The number of hydrogen-bond donors (Lipinski definition) is 7. The van der Waals surface area contributed by atoms with Crippen LogP contribution in [0.5, 0.6) is 0 Å². The van der Waals surface area contributed by atoms with E-state index in [4.69, 9.17) is 18.9 Å². The van der Waals surface area contributed by atoms with E-state index in [9.17, 15) is 45.3 Å². The Hall–Kier alpha value is -1.42. The van der Waals surface area contributed by atoms with Crippen LogP contribution in [0.25, 0.3) is 0 Å². The Morgan fingerprint density at radius 2 is 0.820 bits per heavy atom. The van der Waals surface area contributed by atoms with Gasteiger partial charge in [-0.05, 0) is 24.7 Å². The fourth-order valence-electron chi connectivity index (χ4n) is 8.69. The summed E-state index contributed by atoms with van der Waals surface area (Å²) in [4.78, 5) is 25.8. The predicted octanol–water partition coefficient (Wildman–Crippen LogP) is 7.33. The van der Waals surface area contributed by atoms with Gasteiger partial charge in [-0.1, -0.05) is 182 Å². The molecule has 1 saturated heterocycles. The molecule has 1 aliphatic carbocycles. The highest BCUT2D eigenvalue weighted by Crippen LogP contribution is 2.31. The summed E-state index contributed by atoms with van der Waals surface area (Å²) < 4.78 is 22.6. The summed E-state index contributed by atoms with van der Waals surface area (Å²) in [7, 11) is 0. The normalized spacial score (nSPS) is 29.0. The number of rotatable bonds is 35. The van der Waals surface area contributed by atoms with Crippen LogP contribution in [0.1, 0.15) is 207 Å². The molecule has 1 aliphatic heterocycles. The van der Waals surface area contributed by atoms with Crippen LogP contribution >= 0.6 is 0 Å². The Balaban J connectivity index is 1.83. The van der Waals surface area contributed by atoms with Crippen molar-refractivity contribution in [1.82, 2.24) is 0 Å². The van der Waals surface area contributed by atoms with Crippen molar-refractivity contribution in [2.45, 2.75) is 275 Å². The first-order valence-corrected chi connectivity index (χ1v) is 24.7. The maximum atomic E-state index is 13.0. The fraction of sp³-hybridized carbons (Fsp3) is 0.958. The molecule has 2 aliphatic rings. The standard InChI is InChI=1S/C48H90O13/c1-5-7-9-11-15-21-27-34(3)29-23-17-13-19-25-31-37(49)58-33-36-46(44(56)45(57)48(59-36)61-47-42(54)40(52)39(51)41(53)43(47)55)60-38(50)32-26-20-14-18-24-30-35(4)28-22-16-12-10-8-6-2/h34-36,39-48,51-57H,5-33H2,1-4H3. The Morgan fingerprint density at radius 3 is 1.26 bits per heavy atom. The first kappa shape index (κ1) is 55.7. The molecule has 7 N–H and O–H groups in total. The second kappa shape index (κ2) is 33.1. The van der Waals surface area contributed by atoms with Gasteiger partial charge in [-0.15, -0.1) is 0 Å². The van der Waals surface area contributed by atoms with Gasteiger partial charge in [0.25, 0.3) is 0 Å². The lowest BCUT2D eigenvalue weighted by molar-refractivity contribution is -0.340. The van der Waals surface area contributed by atoms with Crippen molar-refractivity contribution >= 4 is 11.9 Å². The predicted molar refractivity (Wildman–Crippen MR) is 235 cm³/mol. The quantitative estimate of drug-likeness (QED) is 0.0246. The fourth-order valence-corrected chi connectivity index (χ4v) is 8.69. The minimum absolute atomic E-state index is 0.0801. The molecular weight excluding hydrogens is 785 g/mol. The molecule has 360 valence electrons. The molecule has 0 aromatic heterocycles. The lowest BCUT2D eigenvalue weighted by Crippen LogP contribution is -2.67. The number of esters is 2. The summed E-state index contributed by atoms with van der Waals surface area (Å²) in [5.74, 6) is 0.329. The summed E-state index contributed by atoms with van der Waals surface area (Å²) in [6.07, 6.45) is 11.1. The summed E-state index contributed by atoms with van der Waals surface area (Å²) in [5, 5.41) is 73.6. The van der Waals surface area contributed by atoms with Gasteiger partial charge in [0.15, 0.2) is 12.4 Å². The van der Waals surface area contributed by atoms with Gasteiger partial charge in [0.1, 0.15) is 61.5 Å². The number of hydrogen-bond acceptors (Lipinski definition) is 13. The van der Waals surface area contributed by atoms with E-state index in [1.165, 1.54) is 109 Å². The van der Waals surface area contributed by atoms with Crippen molar-refractivity contribution < 1.29 is 64.3 Å². The summed E-state index contributed by atoms with van der Waals surface area (Å²) >= 11 is 0. The molecular formula is C48H90O13. The van der Waals surface area contributed by atoms with Crippen LogP contribution in [-0.4, -0.2) is 122 Å². The van der Waals surface area contributed by atoms with E-state index in [0.717, 1.165) is 56.8 Å². The molecule has 13 heteroatoms. The molecule has 1 saturated carbocycles. The van der Waals surface area contributed by atoms with E-state index in [1.807, 2.05) is 0 Å². The largest absolute Gasteiger partial charge is 0.463 e. The number of carbonyl (C=O) groups is 2. The monoisotopic (exact) mass is 875 g/mol. The number of aliphatic hydroxyl groups excluding tert-OH is 7. The average molecular weight is 875 g/mol. The van der Waals surface area contributed by atoms with Gasteiger partial charge in [0.2, 0.25) is 0 Å². The zero-order chi connectivity index (χ0) is 45.0. The molecule has 11 atom stereocenters. The Bertz CT molecular complexity index is 1100. The van der Waals surface area contributed by atoms with Gasteiger partial charge in [-0.3, -0.25) is 9.59 Å². The second-order valence-electron chi connectivity index (χ2n) is 18.7. The maximum absolute atomic E-state index is 13.0. The molecule has 11 unspecified atom stereocenters. The smallest absolute Gasteiger partial charge is 0.306 e. The van der Waals surface area contributed by atoms with Crippen molar-refractivity contribution in [2.24, 2.45) is 11.8 Å². The van der Waals surface area contributed by atoms with Crippen molar-refractivity contribution in [3.63, 3.8) is 0 Å².